The molecular formula is C12H23N3O2. The molecule has 1 saturated heterocycles. The third-order valence-corrected chi connectivity index (χ3v) is 2.94. The van der Waals surface area contributed by atoms with E-state index in [0.717, 1.165) is 13.0 Å². The molecule has 0 saturated carbocycles. The van der Waals surface area contributed by atoms with E-state index in [1.165, 1.54) is 12.8 Å². The molecule has 0 aromatic rings. The second kappa shape index (κ2) is 6.00. The van der Waals surface area contributed by atoms with Gasteiger partial charge in [-0.25, -0.2) is 0 Å². The SMILES string of the molecule is CC(C)(CC(N)=O)NC(=O)CC1CCCCN1. The lowest BCUT2D eigenvalue weighted by molar-refractivity contribution is -0.124. The highest BCUT2D eigenvalue weighted by molar-refractivity contribution is 5.80. The maximum absolute atomic E-state index is 11.8. The molecule has 1 aliphatic heterocycles. The van der Waals surface area contributed by atoms with Crippen LogP contribution in [-0.4, -0.2) is 29.9 Å². The Morgan fingerprint density at radius 1 is 1.41 bits per heavy atom. The van der Waals surface area contributed by atoms with Crippen molar-refractivity contribution in [3.05, 3.63) is 0 Å². The first-order valence-corrected chi connectivity index (χ1v) is 6.22. The molecule has 0 aliphatic carbocycles. The maximum atomic E-state index is 11.8. The molecule has 5 nitrogen and oxygen atoms in total. The van der Waals surface area contributed by atoms with Gasteiger partial charge in [-0.1, -0.05) is 6.42 Å². The van der Waals surface area contributed by atoms with Gasteiger partial charge in [0.05, 0.1) is 0 Å². The molecule has 17 heavy (non-hydrogen) atoms. The lowest BCUT2D eigenvalue weighted by Gasteiger charge is -2.27. The van der Waals surface area contributed by atoms with Gasteiger partial charge in [0.25, 0.3) is 0 Å². The summed E-state index contributed by atoms with van der Waals surface area (Å²) in [6.07, 6.45) is 4.05. The third kappa shape index (κ3) is 5.68. The number of piperidine rings is 1. The van der Waals surface area contributed by atoms with Crippen LogP contribution in [0.3, 0.4) is 0 Å². The van der Waals surface area contributed by atoms with Gasteiger partial charge < -0.3 is 16.4 Å². The molecule has 0 radical (unpaired) electrons. The average molecular weight is 241 g/mol. The van der Waals surface area contributed by atoms with Gasteiger partial charge >= 0.3 is 0 Å². The van der Waals surface area contributed by atoms with Crippen molar-refractivity contribution in [2.45, 2.75) is 57.5 Å². The van der Waals surface area contributed by atoms with Gasteiger partial charge in [-0.3, -0.25) is 9.59 Å². The van der Waals surface area contributed by atoms with Gasteiger partial charge in [0.2, 0.25) is 11.8 Å². The smallest absolute Gasteiger partial charge is 0.221 e. The minimum absolute atomic E-state index is 0.0179. The standard InChI is InChI=1S/C12H23N3O2/c1-12(2,8-10(13)16)15-11(17)7-9-5-3-4-6-14-9/h9,14H,3-8H2,1-2H3,(H2,13,16)(H,15,17). The van der Waals surface area contributed by atoms with Crippen molar-refractivity contribution in [3.63, 3.8) is 0 Å². The van der Waals surface area contributed by atoms with E-state index in [1.807, 2.05) is 13.8 Å². The molecule has 2 amide bonds. The van der Waals surface area contributed by atoms with E-state index in [1.54, 1.807) is 0 Å². The lowest BCUT2D eigenvalue weighted by atomic mass is 9.98. The monoisotopic (exact) mass is 241 g/mol. The number of hydrogen-bond donors (Lipinski definition) is 3. The van der Waals surface area contributed by atoms with Crippen LogP contribution in [0.1, 0.15) is 46.0 Å². The molecule has 4 N–H and O–H groups in total. The summed E-state index contributed by atoms with van der Waals surface area (Å²) < 4.78 is 0. The number of carbonyl (C=O) groups excluding carboxylic acids is 2. The Morgan fingerprint density at radius 3 is 2.65 bits per heavy atom. The molecule has 1 fully saturated rings. The first-order valence-electron chi connectivity index (χ1n) is 6.22. The maximum Gasteiger partial charge on any atom is 0.221 e. The van der Waals surface area contributed by atoms with Gasteiger partial charge in [-0.2, -0.15) is 0 Å². The second-order valence-corrected chi connectivity index (χ2v) is 5.43. The fraction of sp³-hybridized carbons (Fsp3) is 0.833. The lowest BCUT2D eigenvalue weighted by Crippen LogP contribution is -2.48. The molecule has 0 spiro atoms. The van der Waals surface area contributed by atoms with Gasteiger partial charge in [-0.15, -0.1) is 0 Å². The quantitative estimate of drug-likeness (QED) is 0.647. The first-order chi connectivity index (χ1) is 7.89. The number of carbonyl (C=O) groups is 2. The molecule has 1 aliphatic rings. The predicted molar refractivity (Wildman–Crippen MR) is 66.3 cm³/mol. The minimum atomic E-state index is -0.558. The largest absolute Gasteiger partial charge is 0.370 e. The Bertz CT molecular complexity index is 283. The van der Waals surface area contributed by atoms with Crippen LogP contribution in [0.15, 0.2) is 0 Å². The molecule has 0 aromatic heterocycles. The highest BCUT2D eigenvalue weighted by Gasteiger charge is 2.24. The van der Waals surface area contributed by atoms with Crippen molar-refractivity contribution in [2.75, 3.05) is 6.54 Å². The topological polar surface area (TPSA) is 84.2 Å². The minimum Gasteiger partial charge on any atom is -0.370 e. The van der Waals surface area contributed by atoms with Crippen LogP contribution in [0.4, 0.5) is 0 Å². The Morgan fingerprint density at radius 2 is 2.12 bits per heavy atom. The second-order valence-electron chi connectivity index (χ2n) is 5.43. The Balaban J connectivity index is 2.34. The number of primary amides is 1. The zero-order valence-corrected chi connectivity index (χ0v) is 10.7. The third-order valence-electron chi connectivity index (χ3n) is 2.94. The van der Waals surface area contributed by atoms with Crippen molar-refractivity contribution in [2.24, 2.45) is 5.73 Å². The number of rotatable bonds is 5. The highest BCUT2D eigenvalue weighted by atomic mass is 16.2. The molecule has 1 atom stereocenters. The summed E-state index contributed by atoms with van der Waals surface area (Å²) in [7, 11) is 0. The van der Waals surface area contributed by atoms with Gasteiger partial charge in [0.15, 0.2) is 0 Å². The van der Waals surface area contributed by atoms with Crippen molar-refractivity contribution in [3.8, 4) is 0 Å². The van der Waals surface area contributed by atoms with Gasteiger partial charge in [0.1, 0.15) is 0 Å². The van der Waals surface area contributed by atoms with E-state index in [0.29, 0.717) is 6.42 Å². The van der Waals surface area contributed by atoms with Gasteiger partial charge in [-0.05, 0) is 33.2 Å². The summed E-state index contributed by atoms with van der Waals surface area (Å²) in [6.45, 7) is 4.61. The van der Waals surface area contributed by atoms with Crippen LogP contribution in [0, 0.1) is 0 Å². The first kappa shape index (κ1) is 14.0. The number of nitrogens with one attached hydrogen (secondary N) is 2. The van der Waals surface area contributed by atoms with Gasteiger partial charge in [0, 0.05) is 24.4 Å². The van der Waals surface area contributed by atoms with Crippen LogP contribution in [0.2, 0.25) is 0 Å². The molecule has 98 valence electrons. The molecule has 0 aromatic carbocycles. The van der Waals surface area contributed by atoms with Crippen LogP contribution in [0.25, 0.3) is 0 Å². The Labute approximate surface area is 103 Å². The highest BCUT2D eigenvalue weighted by Crippen LogP contribution is 2.12. The van der Waals surface area contributed by atoms with Crippen molar-refractivity contribution < 1.29 is 9.59 Å². The van der Waals surface area contributed by atoms with E-state index in [4.69, 9.17) is 5.73 Å². The molecule has 1 heterocycles. The summed E-state index contributed by atoms with van der Waals surface area (Å²) in [5.74, 6) is -0.415. The van der Waals surface area contributed by atoms with Crippen LogP contribution in [0.5, 0.6) is 0 Å². The van der Waals surface area contributed by atoms with Crippen molar-refractivity contribution >= 4 is 11.8 Å². The summed E-state index contributed by atoms with van der Waals surface area (Å²) in [4.78, 5) is 22.7. The van der Waals surface area contributed by atoms with Crippen LogP contribution >= 0.6 is 0 Å². The van der Waals surface area contributed by atoms with E-state index < -0.39 is 11.4 Å². The molecule has 1 rings (SSSR count). The van der Waals surface area contributed by atoms with E-state index in [-0.39, 0.29) is 18.4 Å². The summed E-state index contributed by atoms with van der Waals surface area (Å²) in [6, 6.07) is 0.271. The number of nitrogens with two attached hydrogens (primary N) is 1. The summed E-state index contributed by atoms with van der Waals surface area (Å²) in [5, 5.41) is 6.18. The zero-order valence-electron chi connectivity index (χ0n) is 10.7. The molecular weight excluding hydrogens is 218 g/mol. The fourth-order valence-corrected chi connectivity index (χ4v) is 2.23. The van der Waals surface area contributed by atoms with Crippen LogP contribution < -0.4 is 16.4 Å². The van der Waals surface area contributed by atoms with E-state index in [2.05, 4.69) is 10.6 Å². The fourth-order valence-electron chi connectivity index (χ4n) is 2.23. The van der Waals surface area contributed by atoms with Crippen molar-refractivity contribution in [1.29, 1.82) is 0 Å². The predicted octanol–water partition coefficient (Wildman–Crippen LogP) is 0.289. The average Bonchev–Trinajstić information content (AvgIpc) is 2.15. The summed E-state index contributed by atoms with van der Waals surface area (Å²) in [5.41, 5.74) is 4.58. The van der Waals surface area contributed by atoms with Crippen molar-refractivity contribution in [1.82, 2.24) is 10.6 Å². The number of hydrogen-bond acceptors (Lipinski definition) is 3. The number of amides is 2. The normalized spacial score (nSPS) is 20.9. The Hall–Kier alpha value is -1.10. The van der Waals surface area contributed by atoms with E-state index >= 15 is 0 Å². The molecule has 5 heteroatoms. The molecule has 1 unspecified atom stereocenters. The zero-order chi connectivity index (χ0) is 12.9. The summed E-state index contributed by atoms with van der Waals surface area (Å²) >= 11 is 0. The van der Waals surface area contributed by atoms with Crippen LogP contribution in [-0.2, 0) is 9.59 Å². The Kier molecular flexibility index (Phi) is 4.93. The van der Waals surface area contributed by atoms with E-state index in [9.17, 15) is 9.59 Å². The molecule has 0 bridgehead atoms.